The lowest BCUT2D eigenvalue weighted by Gasteiger charge is -2.14. The van der Waals surface area contributed by atoms with E-state index in [1.54, 1.807) is 24.3 Å². The Balaban J connectivity index is 2.22. The number of aryl methyl sites for hydroxylation is 1. The number of nitrogens with two attached hydrogens (primary N) is 1. The molecule has 0 spiro atoms. The molecular formula is C16H18INO3. The molecular weight excluding hydrogens is 381 g/mol. The monoisotopic (exact) mass is 399 g/mol. The Morgan fingerprint density at radius 2 is 1.90 bits per heavy atom. The molecule has 2 aromatic carbocycles. The number of aliphatic hydroxyl groups excluding tert-OH is 1. The molecule has 0 aliphatic rings. The first-order valence-corrected chi connectivity index (χ1v) is 7.70. The van der Waals surface area contributed by atoms with Gasteiger partial charge in [-0.1, -0.05) is 6.07 Å². The van der Waals surface area contributed by atoms with Crippen LogP contribution in [-0.2, 0) is 6.42 Å². The molecule has 0 aliphatic heterocycles. The average molecular weight is 399 g/mol. The van der Waals surface area contributed by atoms with Crippen LogP contribution in [0.4, 0.5) is 0 Å². The molecule has 2 rings (SSSR count). The Kier molecular flexibility index (Phi) is 5.44. The van der Waals surface area contributed by atoms with Crippen LogP contribution in [0.2, 0.25) is 0 Å². The molecule has 5 heteroatoms. The molecule has 4 nitrogen and oxygen atoms in total. The largest absolute Gasteiger partial charge is 0.508 e. The van der Waals surface area contributed by atoms with E-state index in [0.717, 1.165) is 20.4 Å². The zero-order chi connectivity index (χ0) is 15.4. The third kappa shape index (κ3) is 4.33. The van der Waals surface area contributed by atoms with Gasteiger partial charge in [0, 0.05) is 6.04 Å². The molecule has 21 heavy (non-hydrogen) atoms. The molecule has 4 N–H and O–H groups in total. The predicted molar refractivity (Wildman–Crippen MR) is 90.8 cm³/mol. The lowest BCUT2D eigenvalue weighted by atomic mass is 10.0. The van der Waals surface area contributed by atoms with Gasteiger partial charge in [-0.25, -0.2) is 0 Å². The topological polar surface area (TPSA) is 75.7 Å². The van der Waals surface area contributed by atoms with Gasteiger partial charge in [0.1, 0.15) is 17.2 Å². The van der Waals surface area contributed by atoms with E-state index in [1.165, 1.54) is 0 Å². The van der Waals surface area contributed by atoms with Gasteiger partial charge in [0.15, 0.2) is 0 Å². The molecule has 0 bridgehead atoms. The van der Waals surface area contributed by atoms with Gasteiger partial charge in [-0.05, 0) is 77.4 Å². The Labute approximate surface area is 137 Å². The van der Waals surface area contributed by atoms with Crippen molar-refractivity contribution in [3.63, 3.8) is 0 Å². The summed E-state index contributed by atoms with van der Waals surface area (Å²) in [6, 6.07) is 10.4. The highest BCUT2D eigenvalue weighted by molar-refractivity contribution is 14.1. The number of aliphatic hydroxyl groups is 1. The number of rotatable bonds is 5. The first kappa shape index (κ1) is 16.1. The first-order valence-electron chi connectivity index (χ1n) is 6.62. The van der Waals surface area contributed by atoms with Crippen molar-refractivity contribution in [1.82, 2.24) is 0 Å². The van der Waals surface area contributed by atoms with Gasteiger partial charge in [-0.3, -0.25) is 0 Å². The molecule has 2 aromatic rings. The number of phenolic OH excluding ortho intramolecular Hbond substituents is 1. The molecule has 112 valence electrons. The summed E-state index contributed by atoms with van der Waals surface area (Å²) in [5.74, 6) is 1.68. The van der Waals surface area contributed by atoms with Gasteiger partial charge >= 0.3 is 0 Å². The van der Waals surface area contributed by atoms with E-state index in [4.69, 9.17) is 15.6 Å². The van der Waals surface area contributed by atoms with E-state index < -0.39 is 0 Å². The highest BCUT2D eigenvalue weighted by atomic mass is 127. The van der Waals surface area contributed by atoms with Crippen LogP contribution >= 0.6 is 22.6 Å². The minimum absolute atomic E-state index is 0.0264. The van der Waals surface area contributed by atoms with Gasteiger partial charge < -0.3 is 20.7 Å². The standard InChI is InChI=1S/C16H18INO3/c1-10-6-11(7-12(18)9-19)8-15(17)16(10)21-14-4-2-13(20)3-5-14/h2-6,8,12,19-20H,7,9,18H2,1H3/t12-/m0/s1. The van der Waals surface area contributed by atoms with Crippen LogP contribution < -0.4 is 10.5 Å². The second-order valence-electron chi connectivity index (χ2n) is 4.97. The van der Waals surface area contributed by atoms with Crippen LogP contribution in [0.15, 0.2) is 36.4 Å². The molecule has 0 aromatic heterocycles. The molecule has 1 atom stereocenters. The zero-order valence-corrected chi connectivity index (χ0v) is 13.9. The van der Waals surface area contributed by atoms with Crippen molar-refractivity contribution in [2.75, 3.05) is 6.61 Å². The van der Waals surface area contributed by atoms with Gasteiger partial charge in [0.25, 0.3) is 0 Å². The summed E-state index contributed by atoms with van der Waals surface area (Å²) in [5.41, 5.74) is 7.86. The SMILES string of the molecule is Cc1cc(C[C@H](N)CO)cc(I)c1Oc1ccc(O)cc1. The predicted octanol–water partition coefficient (Wildman–Crippen LogP) is 2.96. The van der Waals surface area contributed by atoms with Crippen LogP contribution in [0.3, 0.4) is 0 Å². The summed E-state index contributed by atoms with van der Waals surface area (Å²) >= 11 is 2.23. The summed E-state index contributed by atoms with van der Waals surface area (Å²) in [6.45, 7) is 1.95. The van der Waals surface area contributed by atoms with Crippen LogP contribution in [0, 0.1) is 10.5 Å². The number of phenols is 1. The first-order chi connectivity index (χ1) is 9.99. The minimum Gasteiger partial charge on any atom is -0.508 e. The number of hydrogen-bond acceptors (Lipinski definition) is 4. The van der Waals surface area contributed by atoms with Crippen molar-refractivity contribution < 1.29 is 14.9 Å². The fourth-order valence-corrected chi connectivity index (χ4v) is 2.98. The fourth-order valence-electron chi connectivity index (χ4n) is 2.05. The van der Waals surface area contributed by atoms with Crippen molar-refractivity contribution >= 4 is 22.6 Å². The number of aromatic hydroxyl groups is 1. The Morgan fingerprint density at radius 1 is 1.24 bits per heavy atom. The van der Waals surface area contributed by atoms with Crippen molar-refractivity contribution in [2.24, 2.45) is 5.73 Å². The highest BCUT2D eigenvalue weighted by Gasteiger charge is 2.11. The van der Waals surface area contributed by atoms with Gasteiger partial charge in [-0.15, -0.1) is 0 Å². The van der Waals surface area contributed by atoms with Crippen LogP contribution in [0.25, 0.3) is 0 Å². The van der Waals surface area contributed by atoms with Crippen molar-refractivity contribution in [1.29, 1.82) is 0 Å². The van der Waals surface area contributed by atoms with E-state index in [-0.39, 0.29) is 18.4 Å². The fraction of sp³-hybridized carbons (Fsp3) is 0.250. The molecule has 0 fully saturated rings. The second kappa shape index (κ2) is 7.11. The Morgan fingerprint density at radius 3 is 2.48 bits per heavy atom. The average Bonchev–Trinajstić information content (AvgIpc) is 2.44. The van der Waals surface area contributed by atoms with Crippen molar-refractivity contribution in [3.05, 3.63) is 51.1 Å². The van der Waals surface area contributed by atoms with E-state index in [0.29, 0.717) is 12.2 Å². The van der Waals surface area contributed by atoms with Gasteiger partial charge in [0.2, 0.25) is 0 Å². The Bertz CT molecular complexity index is 590. The van der Waals surface area contributed by atoms with Crippen molar-refractivity contribution in [3.8, 4) is 17.2 Å². The number of benzene rings is 2. The van der Waals surface area contributed by atoms with E-state index in [2.05, 4.69) is 22.6 Å². The maximum absolute atomic E-state index is 9.29. The smallest absolute Gasteiger partial charge is 0.143 e. The summed E-state index contributed by atoms with van der Waals surface area (Å²) < 4.78 is 6.87. The summed E-state index contributed by atoms with van der Waals surface area (Å²) in [4.78, 5) is 0. The van der Waals surface area contributed by atoms with E-state index in [1.807, 2.05) is 19.1 Å². The quantitative estimate of drug-likeness (QED) is 0.676. The van der Waals surface area contributed by atoms with E-state index in [9.17, 15) is 5.11 Å². The number of halogens is 1. The second-order valence-corrected chi connectivity index (χ2v) is 6.13. The lowest BCUT2D eigenvalue weighted by molar-refractivity contribution is 0.265. The molecule has 0 unspecified atom stereocenters. The van der Waals surface area contributed by atoms with Crippen LogP contribution in [-0.4, -0.2) is 22.9 Å². The lowest BCUT2D eigenvalue weighted by Crippen LogP contribution is -2.26. The summed E-state index contributed by atoms with van der Waals surface area (Å²) in [5, 5.41) is 18.3. The van der Waals surface area contributed by atoms with E-state index >= 15 is 0 Å². The van der Waals surface area contributed by atoms with Gasteiger partial charge in [0.05, 0.1) is 10.2 Å². The van der Waals surface area contributed by atoms with Crippen LogP contribution in [0.5, 0.6) is 17.2 Å². The Hall–Kier alpha value is -1.31. The maximum Gasteiger partial charge on any atom is 0.143 e. The van der Waals surface area contributed by atoms with Crippen LogP contribution in [0.1, 0.15) is 11.1 Å². The molecule has 0 aliphatic carbocycles. The van der Waals surface area contributed by atoms with Gasteiger partial charge in [-0.2, -0.15) is 0 Å². The highest BCUT2D eigenvalue weighted by Crippen LogP contribution is 2.32. The zero-order valence-electron chi connectivity index (χ0n) is 11.7. The molecule has 0 saturated carbocycles. The molecule has 0 saturated heterocycles. The summed E-state index contributed by atoms with van der Waals surface area (Å²) in [7, 11) is 0. The normalized spacial score (nSPS) is 12.2. The maximum atomic E-state index is 9.29. The number of hydrogen-bond donors (Lipinski definition) is 3. The molecule has 0 heterocycles. The summed E-state index contributed by atoms with van der Waals surface area (Å²) in [6.07, 6.45) is 0.632. The molecule has 0 amide bonds. The third-order valence-corrected chi connectivity index (χ3v) is 3.88. The third-order valence-electron chi connectivity index (χ3n) is 3.08. The number of ether oxygens (including phenoxy) is 1. The molecule has 0 radical (unpaired) electrons. The van der Waals surface area contributed by atoms with Crippen molar-refractivity contribution in [2.45, 2.75) is 19.4 Å². The minimum atomic E-state index is -0.246.